The van der Waals surface area contributed by atoms with Crippen molar-refractivity contribution in [2.45, 2.75) is 96.9 Å². The normalized spacial score (nSPS) is 18.0. The molecule has 2 aromatic heterocycles. The Bertz CT molecular complexity index is 1480. The van der Waals surface area contributed by atoms with Crippen LogP contribution in [0.3, 0.4) is 0 Å². The summed E-state index contributed by atoms with van der Waals surface area (Å²) in [5, 5.41) is 6.12. The van der Waals surface area contributed by atoms with Crippen molar-refractivity contribution in [2.75, 3.05) is 26.1 Å². The average Bonchev–Trinajstić information content (AvgIpc) is 3.29. The number of aromatic nitrogens is 3. The Morgan fingerprint density at radius 2 is 1.86 bits per heavy atom. The van der Waals surface area contributed by atoms with Crippen LogP contribution in [0.5, 0.6) is 11.5 Å². The van der Waals surface area contributed by atoms with Gasteiger partial charge in [-0.25, -0.2) is 4.68 Å². The molecule has 238 valence electrons. The largest absolute Gasteiger partial charge is 0.543 e. The van der Waals surface area contributed by atoms with E-state index in [-0.39, 0.29) is 17.4 Å². The van der Waals surface area contributed by atoms with Crippen molar-refractivity contribution in [2.24, 2.45) is 0 Å². The number of ether oxygens (including phenoxy) is 3. The molecule has 1 aromatic carbocycles. The van der Waals surface area contributed by atoms with E-state index in [1.807, 2.05) is 23.7 Å². The second kappa shape index (κ2) is 13.6. The molecule has 3 heterocycles. The Morgan fingerprint density at radius 3 is 2.53 bits per heavy atom. The summed E-state index contributed by atoms with van der Waals surface area (Å²) in [5.74, 6) is 1.44. The summed E-state index contributed by atoms with van der Waals surface area (Å²) < 4.78 is 54.1. The minimum Gasteiger partial charge on any atom is -0.543 e. The Morgan fingerprint density at radius 1 is 1.09 bits per heavy atom. The Labute approximate surface area is 257 Å². The van der Waals surface area contributed by atoms with Gasteiger partial charge in [-0.2, -0.15) is 13.5 Å². The summed E-state index contributed by atoms with van der Waals surface area (Å²) in [7, 11) is -5.53. The molecule has 3 atom stereocenters. The monoisotopic (exact) mass is 633 g/mol. The molecule has 1 aliphatic rings. The zero-order chi connectivity index (χ0) is 31.4. The van der Waals surface area contributed by atoms with Crippen LogP contribution in [-0.2, 0) is 23.8 Å². The lowest BCUT2D eigenvalue weighted by Gasteiger charge is -2.36. The summed E-state index contributed by atoms with van der Waals surface area (Å²) >= 11 is 0. The molecule has 1 unspecified atom stereocenters. The lowest BCUT2D eigenvalue weighted by Crippen LogP contribution is -2.43. The lowest BCUT2D eigenvalue weighted by molar-refractivity contribution is -0.0365. The molecular formula is C31H47N3O7SSi. The summed E-state index contributed by atoms with van der Waals surface area (Å²) in [6.07, 6.45) is 7.23. The third-order valence-corrected chi connectivity index (χ3v) is 13.0. The third-order valence-electron chi connectivity index (χ3n) is 7.97. The molecule has 0 N–H and O–H groups in total. The molecule has 10 nitrogen and oxygen atoms in total. The van der Waals surface area contributed by atoms with E-state index in [0.29, 0.717) is 25.4 Å². The maximum absolute atomic E-state index is 11.3. The molecule has 1 saturated heterocycles. The van der Waals surface area contributed by atoms with Gasteiger partial charge in [0, 0.05) is 30.4 Å². The Balaban J connectivity index is 1.54. The van der Waals surface area contributed by atoms with Gasteiger partial charge >= 0.3 is 0 Å². The van der Waals surface area contributed by atoms with Gasteiger partial charge in [0.1, 0.15) is 23.3 Å². The number of nitrogens with zero attached hydrogens (tertiary/aromatic N) is 3. The zero-order valence-electron chi connectivity index (χ0n) is 26.8. The van der Waals surface area contributed by atoms with E-state index in [2.05, 4.69) is 51.0 Å². The van der Waals surface area contributed by atoms with E-state index in [1.165, 1.54) is 0 Å². The van der Waals surface area contributed by atoms with Crippen molar-refractivity contribution in [1.29, 1.82) is 0 Å². The summed E-state index contributed by atoms with van der Waals surface area (Å²) in [6, 6.07) is 8.17. The van der Waals surface area contributed by atoms with Crippen molar-refractivity contribution in [1.82, 2.24) is 14.8 Å². The highest BCUT2D eigenvalue weighted by atomic mass is 32.2. The molecule has 0 saturated carbocycles. The second-order valence-corrected chi connectivity index (χ2v) is 19.3. The van der Waals surface area contributed by atoms with Crippen molar-refractivity contribution < 1.29 is 31.2 Å². The highest BCUT2D eigenvalue weighted by molar-refractivity contribution is 7.86. The van der Waals surface area contributed by atoms with Crippen molar-refractivity contribution in [3.05, 3.63) is 36.7 Å². The molecule has 4 rings (SSSR count). The van der Waals surface area contributed by atoms with Crippen LogP contribution in [0.2, 0.25) is 18.1 Å². The fourth-order valence-electron chi connectivity index (χ4n) is 4.70. The van der Waals surface area contributed by atoms with Gasteiger partial charge in [-0.3, -0.25) is 9.17 Å². The van der Waals surface area contributed by atoms with E-state index in [9.17, 15) is 8.42 Å². The first-order valence-electron chi connectivity index (χ1n) is 15.0. The highest BCUT2D eigenvalue weighted by Crippen LogP contribution is 2.40. The van der Waals surface area contributed by atoms with Crippen LogP contribution in [0.4, 0.5) is 0 Å². The van der Waals surface area contributed by atoms with Gasteiger partial charge in [0.2, 0.25) is 8.32 Å². The van der Waals surface area contributed by atoms with Crippen LogP contribution in [0, 0.1) is 0 Å². The first-order valence-corrected chi connectivity index (χ1v) is 19.8. The summed E-state index contributed by atoms with van der Waals surface area (Å²) in [6.45, 7) is 16.2. The van der Waals surface area contributed by atoms with E-state index >= 15 is 0 Å². The van der Waals surface area contributed by atoms with E-state index in [1.54, 1.807) is 19.3 Å². The average molecular weight is 634 g/mol. The molecular weight excluding hydrogens is 587 g/mol. The summed E-state index contributed by atoms with van der Waals surface area (Å²) in [4.78, 5) is 4.47. The number of fused-ring (bicyclic) bond motifs is 1. The molecule has 1 aliphatic heterocycles. The van der Waals surface area contributed by atoms with Crippen molar-refractivity contribution in [3.63, 3.8) is 0 Å². The van der Waals surface area contributed by atoms with Crippen LogP contribution in [0.1, 0.15) is 66.5 Å². The minimum absolute atomic E-state index is 0.0725. The Hall–Kier alpha value is -2.51. The van der Waals surface area contributed by atoms with Crippen LogP contribution in [0.15, 0.2) is 36.7 Å². The Kier molecular flexibility index (Phi) is 10.6. The summed E-state index contributed by atoms with van der Waals surface area (Å²) in [5.41, 5.74) is 2.62. The molecule has 12 heteroatoms. The van der Waals surface area contributed by atoms with Gasteiger partial charge in [0.05, 0.1) is 30.7 Å². The van der Waals surface area contributed by atoms with Gasteiger partial charge in [-0.1, -0.05) is 20.8 Å². The molecule has 3 aromatic rings. The fourth-order valence-corrected chi connectivity index (χ4v) is 6.42. The lowest BCUT2D eigenvalue weighted by atomic mass is 10.1. The van der Waals surface area contributed by atoms with Gasteiger partial charge in [0.15, 0.2) is 6.23 Å². The quantitative estimate of drug-likeness (QED) is 0.115. The number of pyridine rings is 1. The van der Waals surface area contributed by atoms with E-state index < -0.39 is 24.5 Å². The van der Waals surface area contributed by atoms with Gasteiger partial charge in [0.25, 0.3) is 10.1 Å². The van der Waals surface area contributed by atoms with Crippen LogP contribution < -0.4 is 9.16 Å². The van der Waals surface area contributed by atoms with Crippen LogP contribution >= 0.6 is 0 Å². The first kappa shape index (κ1) is 33.4. The maximum Gasteiger partial charge on any atom is 0.264 e. The molecule has 0 radical (unpaired) electrons. The number of hydrogen-bond acceptors (Lipinski definition) is 9. The van der Waals surface area contributed by atoms with Crippen molar-refractivity contribution in [3.8, 4) is 22.8 Å². The number of benzene rings is 1. The van der Waals surface area contributed by atoms with Gasteiger partial charge in [-0.15, -0.1) is 0 Å². The minimum atomic E-state index is -3.49. The number of hydrogen-bond donors (Lipinski definition) is 0. The standard InChI is InChI=1S/C31H47N3O7SSi/c1-22(40-42(6,35)36)14-16-37-21-23(2)39-26-17-24(19-32-20-26)30-27-18-25(41-43(7,8)31(3,4)5)12-13-28(27)34(33-30)29-11-9-10-15-38-29/h12-13,17-20,22-23,29H,9-11,14-16,21H2,1-8H3/t22-,23+,29?/m1/s1. The predicted octanol–water partition coefficient (Wildman–Crippen LogP) is 6.72. The first-order chi connectivity index (χ1) is 20.1. The number of rotatable bonds is 13. The predicted molar refractivity (Wildman–Crippen MR) is 171 cm³/mol. The highest BCUT2D eigenvalue weighted by Gasteiger charge is 2.39. The molecule has 0 spiro atoms. The second-order valence-electron chi connectivity index (χ2n) is 13.0. The van der Waals surface area contributed by atoms with Crippen molar-refractivity contribution >= 4 is 29.3 Å². The van der Waals surface area contributed by atoms with Gasteiger partial charge < -0.3 is 18.6 Å². The molecule has 0 bridgehead atoms. The fraction of sp³-hybridized carbons (Fsp3) is 0.613. The van der Waals surface area contributed by atoms with E-state index in [0.717, 1.165) is 60.0 Å². The SMILES string of the molecule is C[C@H](CCOC[C@H](C)Oc1cncc(-c2nn(C3CCCCO3)c3ccc(O[Si](C)(C)C(C)(C)C)cc23)c1)OS(C)(=O)=O. The van der Waals surface area contributed by atoms with Crippen LogP contribution in [0.25, 0.3) is 22.2 Å². The molecule has 43 heavy (non-hydrogen) atoms. The smallest absolute Gasteiger partial charge is 0.264 e. The third kappa shape index (κ3) is 9.01. The van der Waals surface area contributed by atoms with Gasteiger partial charge in [-0.05, 0) is 81.9 Å². The zero-order valence-corrected chi connectivity index (χ0v) is 28.6. The maximum atomic E-state index is 11.3. The topological polar surface area (TPSA) is 111 Å². The molecule has 1 fully saturated rings. The van der Waals surface area contributed by atoms with E-state index in [4.69, 9.17) is 27.9 Å². The molecule has 0 aliphatic carbocycles. The van der Waals surface area contributed by atoms with Crippen LogP contribution in [-0.4, -0.2) is 69.8 Å². The molecule has 0 amide bonds.